The molecular formula is C13H12O2S2. The molecule has 1 aromatic carbocycles. The summed E-state index contributed by atoms with van der Waals surface area (Å²) >= 11 is 3.09. The van der Waals surface area contributed by atoms with Crippen molar-refractivity contribution >= 4 is 29.1 Å². The molecule has 1 aromatic heterocycles. The molecule has 0 saturated carbocycles. The molecule has 0 amide bonds. The largest absolute Gasteiger partial charge is 0.477 e. The zero-order chi connectivity index (χ0) is 12.3. The van der Waals surface area contributed by atoms with Crippen LogP contribution in [0.3, 0.4) is 0 Å². The Morgan fingerprint density at radius 1 is 1.29 bits per heavy atom. The van der Waals surface area contributed by atoms with E-state index >= 15 is 0 Å². The van der Waals surface area contributed by atoms with E-state index in [4.69, 9.17) is 5.11 Å². The van der Waals surface area contributed by atoms with Gasteiger partial charge >= 0.3 is 5.97 Å². The highest BCUT2D eigenvalue weighted by Gasteiger charge is 2.07. The molecular weight excluding hydrogens is 252 g/mol. The number of thioether (sulfide) groups is 1. The van der Waals surface area contributed by atoms with Gasteiger partial charge in [-0.25, -0.2) is 4.79 Å². The predicted octanol–water partition coefficient (Wildman–Crippen LogP) is 4.05. The number of hydrogen-bond donors (Lipinski definition) is 1. The monoisotopic (exact) mass is 264 g/mol. The van der Waals surface area contributed by atoms with E-state index in [0.29, 0.717) is 4.88 Å². The van der Waals surface area contributed by atoms with Crippen LogP contribution in [0.5, 0.6) is 0 Å². The summed E-state index contributed by atoms with van der Waals surface area (Å²) in [7, 11) is 0. The molecule has 0 bridgehead atoms. The third kappa shape index (κ3) is 3.11. The van der Waals surface area contributed by atoms with E-state index in [9.17, 15) is 4.79 Å². The zero-order valence-electron chi connectivity index (χ0n) is 9.34. The number of thiophene rings is 1. The standard InChI is InChI=1S/C13H12O2S2/c1-9-4-2-3-5-11(9)16-8-10-6-7-12(17-10)13(14)15/h2-7H,8H2,1H3,(H,14,15). The van der Waals surface area contributed by atoms with Crippen LogP contribution in [0.2, 0.25) is 0 Å². The number of carbonyl (C=O) groups is 1. The summed E-state index contributed by atoms with van der Waals surface area (Å²) in [6, 6.07) is 11.8. The summed E-state index contributed by atoms with van der Waals surface area (Å²) in [5.74, 6) is -0.0230. The van der Waals surface area contributed by atoms with Gasteiger partial charge in [0.15, 0.2) is 0 Å². The van der Waals surface area contributed by atoms with Crippen LogP contribution in [-0.4, -0.2) is 11.1 Å². The Morgan fingerprint density at radius 3 is 2.71 bits per heavy atom. The number of carboxylic acid groups (broad SMARTS) is 1. The summed E-state index contributed by atoms with van der Waals surface area (Å²) < 4.78 is 0. The second-order valence-corrected chi connectivity index (χ2v) is 5.81. The minimum atomic E-state index is -0.845. The lowest BCUT2D eigenvalue weighted by molar-refractivity contribution is 0.0702. The van der Waals surface area contributed by atoms with Crippen molar-refractivity contribution in [1.29, 1.82) is 0 Å². The summed E-state index contributed by atoms with van der Waals surface area (Å²) in [5, 5.41) is 8.83. The minimum absolute atomic E-state index is 0.408. The Labute approximate surface area is 108 Å². The molecule has 0 atom stereocenters. The highest BCUT2D eigenvalue weighted by molar-refractivity contribution is 7.98. The fourth-order valence-corrected chi connectivity index (χ4v) is 3.36. The molecule has 0 spiro atoms. The molecule has 0 unspecified atom stereocenters. The normalized spacial score (nSPS) is 10.4. The number of aromatic carboxylic acids is 1. The van der Waals surface area contributed by atoms with E-state index < -0.39 is 5.97 Å². The van der Waals surface area contributed by atoms with Crippen LogP contribution in [0.15, 0.2) is 41.3 Å². The summed E-state index contributed by atoms with van der Waals surface area (Å²) in [5.41, 5.74) is 1.26. The number of benzene rings is 1. The van der Waals surface area contributed by atoms with Gasteiger partial charge in [0.1, 0.15) is 4.88 Å². The van der Waals surface area contributed by atoms with Gasteiger partial charge in [-0.1, -0.05) is 18.2 Å². The van der Waals surface area contributed by atoms with Crippen LogP contribution in [0.4, 0.5) is 0 Å². The van der Waals surface area contributed by atoms with E-state index in [1.807, 2.05) is 18.2 Å². The molecule has 4 heteroatoms. The highest BCUT2D eigenvalue weighted by atomic mass is 32.2. The molecule has 0 saturated heterocycles. The molecule has 88 valence electrons. The van der Waals surface area contributed by atoms with Gasteiger partial charge < -0.3 is 5.11 Å². The first-order valence-corrected chi connectivity index (χ1v) is 6.97. The topological polar surface area (TPSA) is 37.3 Å². The third-order valence-corrected chi connectivity index (χ3v) is 4.82. The highest BCUT2D eigenvalue weighted by Crippen LogP contribution is 2.28. The quantitative estimate of drug-likeness (QED) is 0.847. The van der Waals surface area contributed by atoms with E-state index in [1.54, 1.807) is 17.8 Å². The first-order valence-electron chi connectivity index (χ1n) is 5.17. The van der Waals surface area contributed by atoms with E-state index in [0.717, 1.165) is 10.6 Å². The van der Waals surface area contributed by atoms with Gasteiger partial charge in [-0.05, 0) is 30.7 Å². The second-order valence-electron chi connectivity index (χ2n) is 3.63. The van der Waals surface area contributed by atoms with Crippen LogP contribution in [0.1, 0.15) is 20.1 Å². The second kappa shape index (κ2) is 5.38. The fourth-order valence-electron chi connectivity index (χ4n) is 1.44. The molecule has 0 aliphatic heterocycles. The minimum Gasteiger partial charge on any atom is -0.477 e. The van der Waals surface area contributed by atoms with Crippen molar-refractivity contribution in [2.75, 3.05) is 0 Å². The first-order chi connectivity index (χ1) is 8.16. The average molecular weight is 264 g/mol. The van der Waals surface area contributed by atoms with Crippen LogP contribution >= 0.6 is 23.1 Å². The van der Waals surface area contributed by atoms with Crippen molar-refractivity contribution in [2.45, 2.75) is 17.6 Å². The summed E-state index contributed by atoms with van der Waals surface area (Å²) in [6.45, 7) is 2.08. The number of carboxylic acids is 1. The third-order valence-electron chi connectivity index (χ3n) is 2.34. The molecule has 1 heterocycles. The Kier molecular flexibility index (Phi) is 3.86. The zero-order valence-corrected chi connectivity index (χ0v) is 11.0. The fraction of sp³-hybridized carbons (Fsp3) is 0.154. The molecule has 0 fully saturated rings. The van der Waals surface area contributed by atoms with Gasteiger partial charge in [0, 0.05) is 15.5 Å². The smallest absolute Gasteiger partial charge is 0.345 e. The lowest BCUT2D eigenvalue weighted by Gasteiger charge is -2.03. The first kappa shape index (κ1) is 12.2. The van der Waals surface area contributed by atoms with Gasteiger partial charge in [0.25, 0.3) is 0 Å². The van der Waals surface area contributed by atoms with Gasteiger partial charge in [-0.2, -0.15) is 0 Å². The van der Waals surface area contributed by atoms with Crippen LogP contribution in [0.25, 0.3) is 0 Å². The average Bonchev–Trinajstić information content (AvgIpc) is 2.77. The predicted molar refractivity (Wildman–Crippen MR) is 72.0 cm³/mol. The number of hydrogen-bond acceptors (Lipinski definition) is 3. The van der Waals surface area contributed by atoms with Crippen LogP contribution in [-0.2, 0) is 5.75 Å². The summed E-state index contributed by atoms with van der Waals surface area (Å²) in [6.07, 6.45) is 0. The molecule has 2 aromatic rings. The van der Waals surface area contributed by atoms with E-state index in [-0.39, 0.29) is 0 Å². The Balaban J connectivity index is 2.02. The molecule has 2 rings (SSSR count). The Morgan fingerprint density at radius 2 is 2.06 bits per heavy atom. The molecule has 0 aliphatic carbocycles. The van der Waals surface area contributed by atoms with Crippen molar-refractivity contribution in [3.8, 4) is 0 Å². The maximum absolute atomic E-state index is 10.7. The maximum atomic E-state index is 10.7. The lowest BCUT2D eigenvalue weighted by atomic mass is 10.2. The van der Waals surface area contributed by atoms with E-state index in [2.05, 4.69) is 19.1 Å². The van der Waals surface area contributed by atoms with Gasteiger partial charge in [0.05, 0.1) is 0 Å². The Bertz CT molecular complexity index is 532. The lowest BCUT2D eigenvalue weighted by Crippen LogP contribution is -1.89. The summed E-state index contributed by atoms with van der Waals surface area (Å²) in [4.78, 5) is 13.5. The molecule has 0 radical (unpaired) electrons. The van der Waals surface area contributed by atoms with Crippen molar-refractivity contribution in [1.82, 2.24) is 0 Å². The number of aryl methyl sites for hydroxylation is 1. The van der Waals surface area contributed by atoms with Crippen molar-refractivity contribution < 1.29 is 9.90 Å². The Hall–Kier alpha value is -1.26. The molecule has 17 heavy (non-hydrogen) atoms. The van der Waals surface area contributed by atoms with Crippen LogP contribution < -0.4 is 0 Å². The SMILES string of the molecule is Cc1ccccc1SCc1ccc(C(=O)O)s1. The number of rotatable bonds is 4. The maximum Gasteiger partial charge on any atom is 0.345 e. The van der Waals surface area contributed by atoms with Crippen molar-refractivity contribution in [3.05, 3.63) is 51.7 Å². The van der Waals surface area contributed by atoms with Gasteiger partial charge in [-0.3, -0.25) is 0 Å². The van der Waals surface area contributed by atoms with Gasteiger partial charge in [0.2, 0.25) is 0 Å². The molecule has 1 N–H and O–H groups in total. The molecule has 2 nitrogen and oxygen atoms in total. The van der Waals surface area contributed by atoms with Gasteiger partial charge in [-0.15, -0.1) is 23.1 Å². The van der Waals surface area contributed by atoms with Crippen molar-refractivity contribution in [3.63, 3.8) is 0 Å². The van der Waals surface area contributed by atoms with E-state index in [1.165, 1.54) is 21.8 Å². The van der Waals surface area contributed by atoms with Crippen LogP contribution in [0, 0.1) is 6.92 Å². The van der Waals surface area contributed by atoms with Crippen molar-refractivity contribution in [2.24, 2.45) is 0 Å². The molecule has 0 aliphatic rings.